The highest BCUT2D eigenvalue weighted by atomic mass is 32.2. The highest BCUT2D eigenvalue weighted by Crippen LogP contribution is 2.37. The average Bonchev–Trinajstić information content (AvgIpc) is 2.81. The van der Waals surface area contributed by atoms with Crippen molar-refractivity contribution in [1.82, 2.24) is 0 Å². The van der Waals surface area contributed by atoms with E-state index in [2.05, 4.69) is 4.72 Å². The first kappa shape index (κ1) is 28.7. The summed E-state index contributed by atoms with van der Waals surface area (Å²) in [6.07, 6.45) is -2.32. The van der Waals surface area contributed by atoms with Crippen LogP contribution in [0.25, 0.3) is 6.08 Å². The lowest BCUT2D eigenvalue weighted by Gasteiger charge is -2.20. The molecule has 0 spiro atoms. The fraction of sp³-hybridized carbons (Fsp3) is 0.222. The first-order chi connectivity index (χ1) is 17.6. The monoisotopic (exact) mass is 549 g/mol. The van der Waals surface area contributed by atoms with Gasteiger partial charge in [0.1, 0.15) is 12.4 Å². The number of sulfonamides is 1. The number of aliphatic carboxylic acids is 1. The molecule has 3 rings (SSSR count). The molecule has 38 heavy (non-hydrogen) atoms. The van der Waals surface area contributed by atoms with Crippen LogP contribution in [0.3, 0.4) is 0 Å². The number of ether oxygens (including phenoxy) is 1. The first-order valence-corrected chi connectivity index (χ1v) is 12.8. The molecule has 202 valence electrons. The van der Waals surface area contributed by atoms with E-state index < -0.39 is 33.3 Å². The SMILES string of the molecule is CC(C)(O)Cc1ccccc1S(=O)(=O)Nc1ccc(C(F)(F)F)cc1OCc1ccc(/C=C/C(=O)O)cc1. The summed E-state index contributed by atoms with van der Waals surface area (Å²) >= 11 is 0. The van der Waals surface area contributed by atoms with Crippen LogP contribution >= 0.6 is 0 Å². The van der Waals surface area contributed by atoms with Crippen LogP contribution in [0.15, 0.2) is 77.7 Å². The Morgan fingerprint density at radius 2 is 1.68 bits per heavy atom. The van der Waals surface area contributed by atoms with E-state index in [4.69, 9.17) is 9.84 Å². The lowest BCUT2D eigenvalue weighted by Crippen LogP contribution is -2.24. The van der Waals surface area contributed by atoms with Crippen molar-refractivity contribution >= 4 is 27.8 Å². The molecule has 7 nitrogen and oxygen atoms in total. The molecule has 0 aliphatic heterocycles. The largest absolute Gasteiger partial charge is 0.487 e. The van der Waals surface area contributed by atoms with Crippen LogP contribution in [0.4, 0.5) is 18.9 Å². The topological polar surface area (TPSA) is 113 Å². The highest BCUT2D eigenvalue weighted by molar-refractivity contribution is 7.92. The van der Waals surface area contributed by atoms with Gasteiger partial charge in [0.2, 0.25) is 0 Å². The summed E-state index contributed by atoms with van der Waals surface area (Å²) in [5.41, 5.74) is -0.941. The molecule has 0 fully saturated rings. The second-order valence-corrected chi connectivity index (χ2v) is 10.8. The summed E-state index contributed by atoms with van der Waals surface area (Å²) in [6.45, 7) is 2.87. The summed E-state index contributed by atoms with van der Waals surface area (Å²) in [6, 6.07) is 14.9. The molecule has 3 aromatic carbocycles. The molecule has 0 atom stereocenters. The average molecular weight is 550 g/mol. The predicted octanol–water partition coefficient (Wildman–Crippen LogP) is 5.50. The van der Waals surface area contributed by atoms with Crippen LogP contribution in [0.5, 0.6) is 5.75 Å². The van der Waals surface area contributed by atoms with Gasteiger partial charge in [-0.25, -0.2) is 13.2 Å². The Hall–Kier alpha value is -3.83. The minimum atomic E-state index is -4.69. The zero-order chi connectivity index (χ0) is 28.1. The fourth-order valence-electron chi connectivity index (χ4n) is 3.53. The number of alkyl halides is 3. The Balaban J connectivity index is 1.91. The van der Waals surface area contributed by atoms with Crippen LogP contribution in [-0.4, -0.2) is 30.2 Å². The number of aliphatic hydroxyl groups is 1. The van der Waals surface area contributed by atoms with Gasteiger partial charge in [0, 0.05) is 12.5 Å². The van der Waals surface area contributed by atoms with Crippen LogP contribution in [-0.2, 0) is 34.0 Å². The van der Waals surface area contributed by atoms with Gasteiger partial charge in [0.05, 0.1) is 21.7 Å². The molecule has 0 saturated carbocycles. The van der Waals surface area contributed by atoms with Crippen LogP contribution in [0, 0.1) is 0 Å². The number of rotatable bonds is 10. The first-order valence-electron chi connectivity index (χ1n) is 11.3. The molecule has 0 bridgehead atoms. The molecule has 0 aromatic heterocycles. The van der Waals surface area contributed by atoms with Crippen molar-refractivity contribution in [2.45, 2.75) is 43.5 Å². The molecule has 0 heterocycles. The minimum absolute atomic E-state index is 0.0259. The summed E-state index contributed by atoms with van der Waals surface area (Å²) < 4.78 is 74.6. The Morgan fingerprint density at radius 1 is 1.03 bits per heavy atom. The zero-order valence-corrected chi connectivity index (χ0v) is 21.3. The number of anilines is 1. The lowest BCUT2D eigenvalue weighted by molar-refractivity contribution is -0.137. The number of benzene rings is 3. The van der Waals surface area contributed by atoms with E-state index in [1.807, 2.05) is 0 Å². The number of nitrogens with one attached hydrogen (secondary N) is 1. The summed E-state index contributed by atoms with van der Waals surface area (Å²) in [5, 5.41) is 18.9. The van der Waals surface area contributed by atoms with Gasteiger partial charge in [-0.05, 0) is 60.9 Å². The maximum absolute atomic E-state index is 13.4. The quantitative estimate of drug-likeness (QED) is 0.288. The van der Waals surface area contributed by atoms with E-state index in [1.165, 1.54) is 32.1 Å². The van der Waals surface area contributed by atoms with E-state index in [-0.39, 0.29) is 29.4 Å². The van der Waals surface area contributed by atoms with Crippen molar-refractivity contribution in [2.75, 3.05) is 4.72 Å². The molecular formula is C27H26F3NO6S. The Morgan fingerprint density at radius 3 is 2.29 bits per heavy atom. The predicted molar refractivity (Wildman–Crippen MR) is 136 cm³/mol. The minimum Gasteiger partial charge on any atom is -0.487 e. The van der Waals surface area contributed by atoms with Crippen molar-refractivity contribution < 1.29 is 41.3 Å². The molecule has 3 aromatic rings. The molecule has 0 unspecified atom stereocenters. The summed E-state index contributed by atoms with van der Waals surface area (Å²) in [4.78, 5) is 10.5. The van der Waals surface area contributed by atoms with Crippen molar-refractivity contribution in [3.05, 3.63) is 95.1 Å². The Bertz CT molecular complexity index is 1430. The molecule has 0 radical (unpaired) electrons. The van der Waals surface area contributed by atoms with Crippen molar-refractivity contribution in [2.24, 2.45) is 0 Å². The molecule has 0 aliphatic carbocycles. The normalized spacial score (nSPS) is 12.5. The van der Waals surface area contributed by atoms with Gasteiger partial charge in [0.15, 0.2) is 0 Å². The summed E-state index contributed by atoms with van der Waals surface area (Å²) in [7, 11) is -4.27. The van der Waals surface area contributed by atoms with Crippen LogP contribution in [0.2, 0.25) is 0 Å². The zero-order valence-electron chi connectivity index (χ0n) is 20.5. The highest BCUT2D eigenvalue weighted by Gasteiger charge is 2.32. The Labute approximate surface area is 218 Å². The lowest BCUT2D eigenvalue weighted by atomic mass is 9.99. The van der Waals surface area contributed by atoms with Gasteiger partial charge < -0.3 is 14.9 Å². The molecule has 0 saturated heterocycles. The number of carbonyl (C=O) groups is 1. The third kappa shape index (κ3) is 8.09. The third-order valence-electron chi connectivity index (χ3n) is 5.23. The van der Waals surface area contributed by atoms with E-state index in [0.29, 0.717) is 22.8 Å². The molecule has 11 heteroatoms. The molecule has 0 aliphatic rings. The van der Waals surface area contributed by atoms with Crippen LogP contribution in [0.1, 0.15) is 36.1 Å². The van der Waals surface area contributed by atoms with Gasteiger partial charge in [-0.1, -0.05) is 42.5 Å². The van der Waals surface area contributed by atoms with Crippen molar-refractivity contribution in [1.29, 1.82) is 0 Å². The maximum Gasteiger partial charge on any atom is 0.416 e. The molecular weight excluding hydrogens is 523 g/mol. The van der Waals surface area contributed by atoms with E-state index >= 15 is 0 Å². The second-order valence-electron chi connectivity index (χ2n) is 9.11. The summed E-state index contributed by atoms with van der Waals surface area (Å²) in [5.74, 6) is -1.45. The fourth-order valence-corrected chi connectivity index (χ4v) is 4.85. The van der Waals surface area contributed by atoms with Crippen molar-refractivity contribution in [3.63, 3.8) is 0 Å². The van der Waals surface area contributed by atoms with Gasteiger partial charge in [-0.15, -0.1) is 0 Å². The van der Waals surface area contributed by atoms with Gasteiger partial charge in [0.25, 0.3) is 10.0 Å². The second kappa shape index (κ2) is 11.3. The standard InChI is InChI=1S/C27H26F3NO6S/c1-26(2,34)16-20-5-3-4-6-24(20)38(35,36)31-22-13-12-21(27(28,29)30)15-23(22)37-17-19-9-7-18(8-10-19)11-14-25(32)33/h3-15,31,34H,16-17H2,1-2H3,(H,32,33)/b14-11+. The van der Waals surface area contributed by atoms with Gasteiger partial charge in [-0.2, -0.15) is 13.2 Å². The smallest absolute Gasteiger partial charge is 0.416 e. The van der Waals surface area contributed by atoms with E-state index in [0.717, 1.165) is 18.2 Å². The van der Waals surface area contributed by atoms with E-state index in [1.54, 1.807) is 36.4 Å². The van der Waals surface area contributed by atoms with Crippen LogP contribution < -0.4 is 9.46 Å². The van der Waals surface area contributed by atoms with Gasteiger partial charge >= 0.3 is 12.1 Å². The Kier molecular flexibility index (Phi) is 8.53. The molecule has 0 amide bonds. The number of carboxylic acid groups (broad SMARTS) is 1. The number of carboxylic acids is 1. The van der Waals surface area contributed by atoms with Gasteiger partial charge in [-0.3, -0.25) is 4.72 Å². The molecule has 3 N–H and O–H groups in total. The van der Waals surface area contributed by atoms with Crippen molar-refractivity contribution in [3.8, 4) is 5.75 Å². The number of hydrogen-bond donors (Lipinski definition) is 3. The third-order valence-corrected chi connectivity index (χ3v) is 6.70. The maximum atomic E-state index is 13.4. The number of halogens is 3. The number of hydrogen-bond acceptors (Lipinski definition) is 5. The van der Waals surface area contributed by atoms with E-state index in [9.17, 15) is 31.5 Å².